The largest absolute Gasteiger partial charge is 0.486 e. The molecule has 0 spiro atoms. The molecule has 4 aromatic rings. The van der Waals surface area contributed by atoms with E-state index < -0.39 is 0 Å². The summed E-state index contributed by atoms with van der Waals surface area (Å²) in [7, 11) is 0. The number of thioether (sulfide) groups is 1. The van der Waals surface area contributed by atoms with Crippen molar-refractivity contribution in [3.8, 4) is 16.3 Å². The Bertz CT molecular complexity index is 1160. The molecule has 0 atom stereocenters. The van der Waals surface area contributed by atoms with E-state index in [-0.39, 0.29) is 0 Å². The quantitative estimate of drug-likeness (QED) is 0.230. The number of rotatable bonds is 9. The van der Waals surface area contributed by atoms with Gasteiger partial charge in [0, 0.05) is 23.2 Å². The molecule has 2 heterocycles. The van der Waals surface area contributed by atoms with Gasteiger partial charge in [-0.15, -0.1) is 28.1 Å². The first kappa shape index (κ1) is 21.3. The molecular formula is C24H24N4OS2. The van der Waals surface area contributed by atoms with Gasteiger partial charge in [-0.1, -0.05) is 59.8 Å². The van der Waals surface area contributed by atoms with Crippen molar-refractivity contribution in [2.75, 3.05) is 0 Å². The van der Waals surface area contributed by atoms with Crippen LogP contribution in [0.5, 0.6) is 5.75 Å². The van der Waals surface area contributed by atoms with Crippen LogP contribution in [0.1, 0.15) is 22.6 Å². The van der Waals surface area contributed by atoms with Crippen molar-refractivity contribution >= 4 is 23.1 Å². The third-order valence-corrected chi connectivity index (χ3v) is 6.70. The maximum Gasteiger partial charge on any atom is 0.191 e. The second-order valence-electron chi connectivity index (χ2n) is 7.15. The topological polar surface area (TPSA) is 52.8 Å². The van der Waals surface area contributed by atoms with Gasteiger partial charge in [-0.05, 0) is 31.5 Å². The van der Waals surface area contributed by atoms with E-state index in [1.807, 2.05) is 34.9 Å². The molecule has 0 saturated carbocycles. The lowest BCUT2D eigenvalue weighted by Crippen LogP contribution is -2.07. The number of hydrogen-bond donors (Lipinski definition) is 0. The minimum atomic E-state index is 0.360. The van der Waals surface area contributed by atoms with Gasteiger partial charge >= 0.3 is 0 Å². The lowest BCUT2D eigenvalue weighted by atomic mass is 10.1. The zero-order valence-corrected chi connectivity index (χ0v) is 19.2. The van der Waals surface area contributed by atoms with Crippen molar-refractivity contribution in [3.05, 3.63) is 89.2 Å². The van der Waals surface area contributed by atoms with E-state index in [2.05, 4.69) is 60.3 Å². The molecule has 0 unspecified atom stereocenters. The molecule has 0 amide bonds. The van der Waals surface area contributed by atoms with Crippen molar-refractivity contribution < 1.29 is 4.74 Å². The van der Waals surface area contributed by atoms with Crippen LogP contribution in [-0.4, -0.2) is 19.7 Å². The lowest BCUT2D eigenvalue weighted by molar-refractivity contribution is 0.289. The number of ether oxygens (including phenoxy) is 1. The van der Waals surface area contributed by atoms with Gasteiger partial charge in [0.15, 0.2) is 11.0 Å². The summed E-state index contributed by atoms with van der Waals surface area (Å²) in [6, 6.07) is 16.3. The van der Waals surface area contributed by atoms with Crippen LogP contribution >= 0.6 is 23.1 Å². The highest BCUT2D eigenvalue weighted by Gasteiger charge is 2.14. The third-order valence-electron chi connectivity index (χ3n) is 4.77. The molecular weight excluding hydrogens is 424 g/mol. The van der Waals surface area contributed by atoms with E-state index in [1.54, 1.807) is 23.1 Å². The Labute approximate surface area is 190 Å². The summed E-state index contributed by atoms with van der Waals surface area (Å²) >= 11 is 3.30. The van der Waals surface area contributed by atoms with Crippen LogP contribution in [0.2, 0.25) is 0 Å². The number of nitrogens with zero attached hydrogens (tertiary/aromatic N) is 4. The molecule has 4 rings (SSSR count). The molecule has 0 aliphatic rings. The molecule has 2 aromatic carbocycles. The number of hydrogen-bond acceptors (Lipinski definition) is 6. The average Bonchev–Trinajstić information content (AvgIpc) is 3.40. The van der Waals surface area contributed by atoms with Crippen LogP contribution in [0.15, 0.2) is 71.7 Å². The minimum Gasteiger partial charge on any atom is -0.486 e. The second kappa shape index (κ2) is 9.94. The number of aromatic nitrogens is 4. The van der Waals surface area contributed by atoms with Gasteiger partial charge in [0.05, 0.1) is 5.69 Å². The standard InChI is InChI=1S/C24H24N4OS2/c1-4-13-28-22(14-29-20-11-9-17(2)10-12-20)26-27-24(28)31-16-19-15-30-23(25-19)21-8-6-5-7-18(21)3/h4-12,15H,1,13-14,16H2,2-3H3. The highest BCUT2D eigenvalue weighted by atomic mass is 32.2. The van der Waals surface area contributed by atoms with Gasteiger partial charge in [-0.25, -0.2) is 4.98 Å². The summed E-state index contributed by atoms with van der Waals surface area (Å²) in [5, 5.41) is 12.7. The summed E-state index contributed by atoms with van der Waals surface area (Å²) in [4.78, 5) is 4.82. The van der Waals surface area contributed by atoms with Crippen molar-refractivity contribution in [3.63, 3.8) is 0 Å². The molecule has 0 aliphatic heterocycles. The monoisotopic (exact) mass is 448 g/mol. The maximum atomic E-state index is 5.90. The summed E-state index contributed by atoms with van der Waals surface area (Å²) < 4.78 is 7.94. The lowest BCUT2D eigenvalue weighted by Gasteiger charge is -2.09. The van der Waals surface area contributed by atoms with Gasteiger partial charge in [0.2, 0.25) is 0 Å². The van der Waals surface area contributed by atoms with Crippen LogP contribution in [-0.2, 0) is 18.9 Å². The number of aryl methyl sites for hydroxylation is 2. The number of thiazole rings is 1. The van der Waals surface area contributed by atoms with Crippen LogP contribution in [0.25, 0.3) is 10.6 Å². The van der Waals surface area contributed by atoms with Crippen LogP contribution in [0.3, 0.4) is 0 Å². The van der Waals surface area contributed by atoms with E-state index in [0.29, 0.717) is 13.2 Å². The van der Waals surface area contributed by atoms with E-state index in [9.17, 15) is 0 Å². The Morgan fingerprint density at radius 1 is 1.10 bits per heavy atom. The minimum absolute atomic E-state index is 0.360. The Hall–Kier alpha value is -2.90. The van der Waals surface area contributed by atoms with Crippen molar-refractivity contribution in [2.45, 2.75) is 37.9 Å². The molecule has 5 nitrogen and oxygen atoms in total. The Morgan fingerprint density at radius 2 is 1.90 bits per heavy atom. The zero-order chi connectivity index (χ0) is 21.6. The maximum absolute atomic E-state index is 5.90. The fraction of sp³-hybridized carbons (Fsp3) is 0.208. The fourth-order valence-electron chi connectivity index (χ4n) is 3.08. The molecule has 158 valence electrons. The molecule has 0 radical (unpaired) electrons. The zero-order valence-electron chi connectivity index (χ0n) is 17.6. The Balaban J connectivity index is 1.43. The molecule has 0 aliphatic carbocycles. The van der Waals surface area contributed by atoms with E-state index in [0.717, 1.165) is 33.2 Å². The third kappa shape index (κ3) is 5.24. The van der Waals surface area contributed by atoms with Gasteiger partial charge in [-0.2, -0.15) is 0 Å². The van der Waals surface area contributed by atoms with Gasteiger partial charge in [-0.3, -0.25) is 4.57 Å². The SMILES string of the molecule is C=CCn1c(COc2ccc(C)cc2)nnc1SCc1csc(-c2ccccc2C)n1. The van der Waals surface area contributed by atoms with E-state index >= 15 is 0 Å². The smallest absolute Gasteiger partial charge is 0.191 e. The Morgan fingerprint density at radius 3 is 2.68 bits per heavy atom. The molecule has 31 heavy (non-hydrogen) atoms. The first-order valence-electron chi connectivity index (χ1n) is 9.99. The van der Waals surface area contributed by atoms with E-state index in [1.165, 1.54) is 16.7 Å². The summed E-state index contributed by atoms with van der Waals surface area (Å²) in [5.41, 5.74) is 4.67. The second-order valence-corrected chi connectivity index (χ2v) is 8.95. The molecule has 7 heteroatoms. The molecule has 0 saturated heterocycles. The highest BCUT2D eigenvalue weighted by molar-refractivity contribution is 7.98. The van der Waals surface area contributed by atoms with Crippen molar-refractivity contribution in [2.24, 2.45) is 0 Å². The van der Waals surface area contributed by atoms with Crippen LogP contribution in [0.4, 0.5) is 0 Å². The van der Waals surface area contributed by atoms with E-state index in [4.69, 9.17) is 9.72 Å². The van der Waals surface area contributed by atoms with Gasteiger partial charge in [0.25, 0.3) is 0 Å². The molecule has 0 bridgehead atoms. The van der Waals surface area contributed by atoms with Gasteiger partial charge < -0.3 is 4.74 Å². The first-order chi connectivity index (χ1) is 15.1. The molecule has 0 fully saturated rings. The number of benzene rings is 2. The van der Waals surface area contributed by atoms with Crippen molar-refractivity contribution in [1.82, 2.24) is 19.7 Å². The average molecular weight is 449 g/mol. The molecule has 0 N–H and O–H groups in total. The highest BCUT2D eigenvalue weighted by Crippen LogP contribution is 2.29. The van der Waals surface area contributed by atoms with Crippen LogP contribution in [0, 0.1) is 13.8 Å². The van der Waals surface area contributed by atoms with Crippen LogP contribution < -0.4 is 4.74 Å². The number of allylic oxidation sites excluding steroid dienone is 1. The normalized spacial score (nSPS) is 10.9. The predicted octanol–water partition coefficient (Wildman–Crippen LogP) is 6.08. The summed E-state index contributed by atoms with van der Waals surface area (Å²) in [5.74, 6) is 2.33. The summed E-state index contributed by atoms with van der Waals surface area (Å²) in [6.07, 6.45) is 1.85. The summed E-state index contributed by atoms with van der Waals surface area (Å²) in [6.45, 7) is 9.03. The first-order valence-corrected chi connectivity index (χ1v) is 11.9. The van der Waals surface area contributed by atoms with Crippen molar-refractivity contribution in [1.29, 1.82) is 0 Å². The molecule has 2 aromatic heterocycles. The Kier molecular flexibility index (Phi) is 6.84. The fourth-order valence-corrected chi connectivity index (χ4v) is 4.95. The van der Waals surface area contributed by atoms with Gasteiger partial charge in [0.1, 0.15) is 17.4 Å². The predicted molar refractivity (Wildman–Crippen MR) is 128 cm³/mol.